The van der Waals surface area contributed by atoms with Gasteiger partial charge in [-0.1, -0.05) is 47.0 Å². The zero-order chi connectivity index (χ0) is 20.3. The molecule has 2 aromatic carbocycles. The van der Waals surface area contributed by atoms with Crippen LogP contribution in [0.1, 0.15) is 24.0 Å². The number of rotatable bonds is 5. The molecule has 0 radical (unpaired) electrons. The molecular weight excluding hydrogens is 419 g/mol. The van der Waals surface area contributed by atoms with E-state index in [0.29, 0.717) is 40.7 Å². The van der Waals surface area contributed by atoms with Gasteiger partial charge in [0, 0.05) is 34.4 Å². The van der Waals surface area contributed by atoms with Gasteiger partial charge in [0.2, 0.25) is 15.9 Å². The lowest BCUT2D eigenvalue weighted by molar-refractivity contribution is -0.120. The number of nitrogens with zero attached hydrogens (tertiary/aromatic N) is 1. The molecule has 3 rings (SSSR count). The molecule has 0 aromatic heterocycles. The van der Waals surface area contributed by atoms with Gasteiger partial charge in [0.15, 0.2) is 0 Å². The van der Waals surface area contributed by atoms with Gasteiger partial charge in [-0.05, 0) is 44.0 Å². The van der Waals surface area contributed by atoms with Crippen LogP contribution in [0.3, 0.4) is 0 Å². The number of anilines is 1. The van der Waals surface area contributed by atoms with Crippen LogP contribution in [-0.2, 0) is 20.6 Å². The minimum Gasteiger partial charge on any atom is -0.326 e. The maximum absolute atomic E-state index is 12.9. The molecule has 0 saturated carbocycles. The summed E-state index contributed by atoms with van der Waals surface area (Å²) in [5, 5.41) is 3.52. The maximum Gasteiger partial charge on any atom is 0.228 e. The van der Waals surface area contributed by atoms with Gasteiger partial charge in [0.1, 0.15) is 0 Å². The zero-order valence-corrected chi connectivity index (χ0v) is 17.8. The Morgan fingerprint density at radius 3 is 2.43 bits per heavy atom. The second-order valence-corrected chi connectivity index (χ2v) is 9.79. The third-order valence-electron chi connectivity index (χ3n) is 4.86. The van der Waals surface area contributed by atoms with Crippen molar-refractivity contribution in [1.29, 1.82) is 0 Å². The molecular formula is C20H22Cl2N2O3S. The number of benzene rings is 2. The van der Waals surface area contributed by atoms with E-state index in [1.54, 1.807) is 18.2 Å². The Labute approximate surface area is 175 Å². The second kappa shape index (κ2) is 8.82. The smallest absolute Gasteiger partial charge is 0.228 e. The first kappa shape index (κ1) is 21.1. The molecule has 5 nitrogen and oxygen atoms in total. The minimum atomic E-state index is -3.64. The standard InChI is InChI=1S/C20H22Cl2N2O3S/c1-14-7-9-16(10-8-14)23-20(25)15-4-3-11-24(12-15)28(26,27)13-17-18(21)5-2-6-19(17)22/h2,5-10,15H,3-4,11-13H2,1H3,(H,23,25)/t15-/m0/s1. The van der Waals surface area contributed by atoms with E-state index in [1.807, 2.05) is 31.2 Å². The highest BCUT2D eigenvalue weighted by molar-refractivity contribution is 7.88. The Balaban J connectivity index is 1.69. The Hall–Kier alpha value is -1.60. The van der Waals surface area contributed by atoms with Crippen LogP contribution in [0.4, 0.5) is 5.69 Å². The van der Waals surface area contributed by atoms with Crippen molar-refractivity contribution < 1.29 is 13.2 Å². The Morgan fingerprint density at radius 1 is 1.14 bits per heavy atom. The fourth-order valence-electron chi connectivity index (χ4n) is 3.23. The van der Waals surface area contributed by atoms with Gasteiger partial charge in [-0.3, -0.25) is 4.79 Å². The number of carbonyl (C=O) groups is 1. The summed E-state index contributed by atoms with van der Waals surface area (Å²) >= 11 is 12.2. The molecule has 0 aliphatic carbocycles. The van der Waals surface area contributed by atoms with E-state index in [1.165, 1.54) is 4.31 Å². The van der Waals surface area contributed by atoms with E-state index in [-0.39, 0.29) is 18.2 Å². The molecule has 2 aromatic rings. The molecule has 0 spiro atoms. The van der Waals surface area contributed by atoms with E-state index < -0.39 is 15.9 Å². The number of hydrogen-bond donors (Lipinski definition) is 1. The lowest BCUT2D eigenvalue weighted by Gasteiger charge is -2.31. The summed E-state index contributed by atoms with van der Waals surface area (Å²) < 4.78 is 27.2. The highest BCUT2D eigenvalue weighted by atomic mass is 35.5. The first-order chi connectivity index (χ1) is 13.3. The fourth-order valence-corrected chi connectivity index (χ4v) is 5.60. The lowest BCUT2D eigenvalue weighted by Crippen LogP contribution is -2.44. The summed E-state index contributed by atoms with van der Waals surface area (Å²) in [7, 11) is -3.64. The van der Waals surface area contributed by atoms with E-state index in [9.17, 15) is 13.2 Å². The van der Waals surface area contributed by atoms with Crippen LogP contribution in [0.2, 0.25) is 10.0 Å². The van der Waals surface area contributed by atoms with Crippen LogP contribution in [0.5, 0.6) is 0 Å². The average Bonchev–Trinajstić information content (AvgIpc) is 2.67. The van der Waals surface area contributed by atoms with Crippen LogP contribution in [-0.4, -0.2) is 31.7 Å². The van der Waals surface area contributed by atoms with E-state index in [4.69, 9.17) is 23.2 Å². The van der Waals surface area contributed by atoms with Crippen LogP contribution in [0, 0.1) is 12.8 Å². The SMILES string of the molecule is Cc1ccc(NC(=O)[C@H]2CCCN(S(=O)(=O)Cc3c(Cl)cccc3Cl)C2)cc1. The summed E-state index contributed by atoms with van der Waals surface area (Å²) in [4.78, 5) is 12.6. The average molecular weight is 441 g/mol. The van der Waals surface area contributed by atoms with Gasteiger partial charge in [-0.25, -0.2) is 12.7 Å². The summed E-state index contributed by atoms with van der Waals surface area (Å²) in [5.41, 5.74) is 2.20. The van der Waals surface area contributed by atoms with Gasteiger partial charge in [0.25, 0.3) is 0 Å². The number of hydrogen-bond acceptors (Lipinski definition) is 3. The highest BCUT2D eigenvalue weighted by Crippen LogP contribution is 2.29. The summed E-state index contributed by atoms with van der Waals surface area (Å²) in [6.07, 6.45) is 1.28. The predicted molar refractivity (Wildman–Crippen MR) is 113 cm³/mol. The molecule has 0 unspecified atom stereocenters. The largest absolute Gasteiger partial charge is 0.326 e. The number of nitrogens with one attached hydrogen (secondary N) is 1. The van der Waals surface area contributed by atoms with Crippen molar-refractivity contribution >= 4 is 44.8 Å². The van der Waals surface area contributed by atoms with Crippen LogP contribution >= 0.6 is 23.2 Å². The van der Waals surface area contributed by atoms with E-state index in [0.717, 1.165) is 5.56 Å². The first-order valence-electron chi connectivity index (χ1n) is 9.04. The third kappa shape index (κ3) is 5.06. The number of piperidine rings is 1. The van der Waals surface area contributed by atoms with Crippen molar-refractivity contribution in [1.82, 2.24) is 4.31 Å². The number of halogens is 2. The quantitative estimate of drug-likeness (QED) is 0.744. The van der Waals surface area contributed by atoms with Gasteiger partial charge in [-0.2, -0.15) is 0 Å². The number of amides is 1. The predicted octanol–water partition coefficient (Wildman–Crippen LogP) is 4.48. The fraction of sp³-hybridized carbons (Fsp3) is 0.350. The van der Waals surface area contributed by atoms with Crippen molar-refractivity contribution in [3.63, 3.8) is 0 Å². The molecule has 1 heterocycles. The maximum atomic E-state index is 12.9. The van der Waals surface area contributed by atoms with Gasteiger partial charge < -0.3 is 5.32 Å². The number of carbonyl (C=O) groups excluding carboxylic acids is 1. The van der Waals surface area contributed by atoms with Crippen LogP contribution in [0.15, 0.2) is 42.5 Å². The van der Waals surface area contributed by atoms with E-state index >= 15 is 0 Å². The molecule has 1 aliphatic rings. The highest BCUT2D eigenvalue weighted by Gasteiger charge is 2.33. The third-order valence-corrected chi connectivity index (χ3v) is 7.34. The topological polar surface area (TPSA) is 66.5 Å². The van der Waals surface area contributed by atoms with Gasteiger partial charge >= 0.3 is 0 Å². The number of sulfonamides is 1. The molecule has 8 heteroatoms. The van der Waals surface area contributed by atoms with E-state index in [2.05, 4.69) is 5.32 Å². The van der Waals surface area contributed by atoms with Gasteiger partial charge in [-0.15, -0.1) is 0 Å². The Bertz CT molecular complexity index is 942. The van der Waals surface area contributed by atoms with Crippen molar-refractivity contribution in [3.05, 3.63) is 63.6 Å². The van der Waals surface area contributed by atoms with Crippen LogP contribution in [0.25, 0.3) is 0 Å². The van der Waals surface area contributed by atoms with Gasteiger partial charge in [0.05, 0.1) is 11.7 Å². The Kier molecular flexibility index (Phi) is 6.65. The molecule has 1 saturated heterocycles. The normalized spacial score (nSPS) is 18.0. The molecule has 1 atom stereocenters. The summed E-state index contributed by atoms with van der Waals surface area (Å²) in [6.45, 7) is 2.52. The Morgan fingerprint density at radius 2 is 1.79 bits per heavy atom. The molecule has 1 N–H and O–H groups in total. The monoisotopic (exact) mass is 440 g/mol. The molecule has 1 aliphatic heterocycles. The second-order valence-electron chi connectivity index (χ2n) is 7.01. The van der Waals surface area contributed by atoms with Crippen molar-refractivity contribution in [2.24, 2.45) is 5.92 Å². The molecule has 0 bridgehead atoms. The lowest BCUT2D eigenvalue weighted by atomic mass is 9.98. The number of aryl methyl sites for hydroxylation is 1. The summed E-state index contributed by atoms with van der Waals surface area (Å²) in [5.74, 6) is -0.844. The summed E-state index contributed by atoms with van der Waals surface area (Å²) in [6, 6.07) is 12.4. The molecule has 1 amide bonds. The molecule has 150 valence electrons. The molecule has 1 fully saturated rings. The minimum absolute atomic E-state index is 0.155. The van der Waals surface area contributed by atoms with Crippen molar-refractivity contribution in [3.8, 4) is 0 Å². The van der Waals surface area contributed by atoms with Crippen molar-refractivity contribution in [2.75, 3.05) is 18.4 Å². The van der Waals surface area contributed by atoms with Crippen molar-refractivity contribution in [2.45, 2.75) is 25.5 Å². The van der Waals surface area contributed by atoms with Crippen LogP contribution < -0.4 is 5.32 Å². The zero-order valence-electron chi connectivity index (χ0n) is 15.5. The first-order valence-corrected chi connectivity index (χ1v) is 11.4. The molecule has 28 heavy (non-hydrogen) atoms.